The Hall–Kier alpha value is -2.88. The van der Waals surface area contributed by atoms with Gasteiger partial charge in [0.1, 0.15) is 5.75 Å². The molecule has 4 unspecified atom stereocenters. The van der Waals surface area contributed by atoms with Gasteiger partial charge in [-0.15, -0.1) is 0 Å². The van der Waals surface area contributed by atoms with Gasteiger partial charge in [0, 0.05) is 17.8 Å². The van der Waals surface area contributed by atoms with Crippen molar-refractivity contribution in [2.24, 2.45) is 23.7 Å². The Labute approximate surface area is 178 Å². The van der Waals surface area contributed by atoms with Gasteiger partial charge in [-0.2, -0.15) is 0 Å². The van der Waals surface area contributed by atoms with Crippen LogP contribution in [0.3, 0.4) is 0 Å². The highest BCUT2D eigenvalue weighted by Gasteiger charge is 2.38. The van der Waals surface area contributed by atoms with Gasteiger partial charge in [0.15, 0.2) is 0 Å². The van der Waals surface area contributed by atoms with Gasteiger partial charge in [-0.05, 0) is 84.8 Å². The molecule has 0 saturated heterocycles. The number of aliphatic carboxylic acids is 1. The maximum Gasteiger partial charge on any atom is 0.328 e. The Morgan fingerprint density at radius 3 is 2.40 bits per heavy atom. The lowest BCUT2D eigenvalue weighted by atomic mass is 9.61. The van der Waals surface area contributed by atoms with Gasteiger partial charge in [-0.25, -0.2) is 4.79 Å². The van der Waals surface area contributed by atoms with Crippen molar-refractivity contribution in [3.05, 3.63) is 71.1 Å². The first-order valence-electron chi connectivity index (χ1n) is 10.8. The quantitative estimate of drug-likeness (QED) is 0.635. The Bertz CT molecular complexity index is 968. The minimum atomic E-state index is -0.982. The normalized spacial score (nSPS) is 27.8. The molecule has 0 spiro atoms. The summed E-state index contributed by atoms with van der Waals surface area (Å²) in [6.45, 7) is 4.72. The zero-order valence-corrected chi connectivity index (χ0v) is 17.6. The summed E-state index contributed by atoms with van der Waals surface area (Å²) >= 11 is 0. The molecule has 156 valence electrons. The molecule has 0 aliphatic heterocycles. The average Bonchev–Trinajstić information content (AvgIpc) is 2.70. The summed E-state index contributed by atoms with van der Waals surface area (Å²) in [4.78, 5) is 15.3. The number of nitrogens with zero attached hydrogens (tertiary/aromatic N) is 1. The second-order valence-corrected chi connectivity index (χ2v) is 9.03. The third kappa shape index (κ3) is 4.33. The van der Waals surface area contributed by atoms with Gasteiger partial charge >= 0.3 is 5.97 Å². The van der Waals surface area contributed by atoms with E-state index in [1.165, 1.54) is 42.9 Å². The summed E-state index contributed by atoms with van der Waals surface area (Å²) in [6.07, 6.45) is 9.52. The molecule has 2 fully saturated rings. The largest absolute Gasteiger partial charge is 0.508 e. The van der Waals surface area contributed by atoms with Crippen LogP contribution in [0.5, 0.6) is 5.75 Å². The van der Waals surface area contributed by atoms with Crippen molar-refractivity contribution in [3.63, 3.8) is 0 Å². The van der Waals surface area contributed by atoms with Gasteiger partial charge in [0.25, 0.3) is 0 Å². The fraction of sp³-hybridized carbons (Fsp3) is 0.385. The molecule has 1 aromatic carbocycles. The summed E-state index contributed by atoms with van der Waals surface area (Å²) < 4.78 is 0. The standard InChI is InChI=1S/C26H29NO3/c1-16-11-18-13-17(2)25(21(12-16)14-18)26(19-4-8-23(28)9-5-19)20-3-6-22(27-15-20)7-10-24(29)30/h3-10,15-18,21,28H,11-14H2,1-2H3,(H,29,30)/b10-7+,26-25+. The average molecular weight is 404 g/mol. The number of allylic oxidation sites excluding steroid dienone is 1. The minimum absolute atomic E-state index is 0.262. The Kier molecular flexibility index (Phi) is 5.76. The van der Waals surface area contributed by atoms with Gasteiger partial charge in [-0.3, -0.25) is 4.98 Å². The monoisotopic (exact) mass is 403 g/mol. The van der Waals surface area contributed by atoms with Crippen molar-refractivity contribution in [1.29, 1.82) is 0 Å². The topological polar surface area (TPSA) is 70.4 Å². The number of phenolic OH excluding ortho intramolecular Hbond substituents is 1. The van der Waals surface area contributed by atoms with Crippen molar-refractivity contribution >= 4 is 17.6 Å². The number of carboxylic acids is 1. The zero-order chi connectivity index (χ0) is 21.3. The molecule has 30 heavy (non-hydrogen) atoms. The van der Waals surface area contributed by atoms with Crippen LogP contribution < -0.4 is 0 Å². The molecule has 2 aliphatic carbocycles. The summed E-state index contributed by atoms with van der Waals surface area (Å²) in [6, 6.07) is 11.4. The molecule has 4 nitrogen and oxygen atoms in total. The molecule has 2 saturated carbocycles. The summed E-state index contributed by atoms with van der Waals surface area (Å²) in [5.74, 6) is 1.94. The van der Waals surface area contributed by atoms with Crippen LogP contribution in [0.4, 0.5) is 0 Å². The highest BCUT2D eigenvalue weighted by molar-refractivity contribution is 5.85. The van der Waals surface area contributed by atoms with Crippen LogP contribution >= 0.6 is 0 Å². The molecular weight excluding hydrogens is 374 g/mol. The number of hydrogen-bond acceptors (Lipinski definition) is 3. The van der Waals surface area contributed by atoms with Crippen LogP contribution in [0, 0.1) is 23.7 Å². The fourth-order valence-electron chi connectivity index (χ4n) is 5.61. The third-order valence-electron chi connectivity index (χ3n) is 6.61. The summed E-state index contributed by atoms with van der Waals surface area (Å²) in [5, 5.41) is 18.7. The SMILES string of the molecule is CC1CC2CC(C)/C(=C(/c3ccc(O)cc3)c3ccc(/C=C/C(=O)O)nc3)C(C1)C2. The van der Waals surface area contributed by atoms with E-state index >= 15 is 0 Å². The number of rotatable bonds is 4. The Morgan fingerprint density at radius 2 is 1.73 bits per heavy atom. The minimum Gasteiger partial charge on any atom is -0.508 e. The molecule has 2 aromatic rings. The van der Waals surface area contributed by atoms with Crippen LogP contribution in [-0.2, 0) is 4.79 Å². The predicted octanol–water partition coefficient (Wildman–Crippen LogP) is 5.78. The first-order chi connectivity index (χ1) is 14.4. The number of carboxylic acid groups (broad SMARTS) is 1. The fourth-order valence-corrected chi connectivity index (χ4v) is 5.61. The highest BCUT2D eigenvalue weighted by Crippen LogP contribution is 2.50. The van der Waals surface area contributed by atoms with Crippen LogP contribution in [0.25, 0.3) is 11.6 Å². The van der Waals surface area contributed by atoms with Gasteiger partial charge in [0.2, 0.25) is 0 Å². The maximum absolute atomic E-state index is 10.8. The van der Waals surface area contributed by atoms with Crippen molar-refractivity contribution < 1.29 is 15.0 Å². The highest BCUT2D eigenvalue weighted by atomic mass is 16.4. The van der Waals surface area contributed by atoms with Crippen LogP contribution in [0.1, 0.15) is 56.4 Å². The Balaban J connectivity index is 1.82. The van der Waals surface area contributed by atoms with Crippen LogP contribution in [0.15, 0.2) is 54.2 Å². The molecule has 0 radical (unpaired) electrons. The van der Waals surface area contributed by atoms with Crippen molar-refractivity contribution in [1.82, 2.24) is 4.98 Å². The second kappa shape index (κ2) is 8.47. The van der Waals surface area contributed by atoms with Gasteiger partial charge < -0.3 is 10.2 Å². The van der Waals surface area contributed by atoms with Gasteiger partial charge in [-0.1, -0.05) is 37.6 Å². The molecule has 2 aliphatic rings. The lowest BCUT2D eigenvalue weighted by molar-refractivity contribution is -0.131. The zero-order valence-electron chi connectivity index (χ0n) is 17.6. The number of aromatic nitrogens is 1. The van der Waals surface area contributed by atoms with E-state index in [4.69, 9.17) is 5.11 Å². The lowest BCUT2D eigenvalue weighted by Gasteiger charge is -2.44. The number of aromatic hydroxyl groups is 1. The first kappa shape index (κ1) is 20.4. The van der Waals surface area contributed by atoms with E-state index in [0.717, 1.165) is 29.0 Å². The van der Waals surface area contributed by atoms with E-state index in [0.29, 0.717) is 17.5 Å². The van der Waals surface area contributed by atoms with E-state index in [9.17, 15) is 9.90 Å². The van der Waals surface area contributed by atoms with E-state index < -0.39 is 5.97 Å². The Morgan fingerprint density at radius 1 is 1.00 bits per heavy atom. The molecule has 1 aromatic heterocycles. The first-order valence-corrected chi connectivity index (χ1v) is 10.8. The number of benzene rings is 1. The van der Waals surface area contributed by atoms with Crippen molar-refractivity contribution in [3.8, 4) is 5.75 Å². The summed E-state index contributed by atoms with van der Waals surface area (Å²) in [7, 11) is 0. The number of carbonyl (C=O) groups is 1. The van der Waals surface area contributed by atoms with Crippen LogP contribution in [-0.4, -0.2) is 21.2 Å². The van der Waals surface area contributed by atoms with E-state index in [-0.39, 0.29) is 5.75 Å². The molecule has 2 bridgehead atoms. The lowest BCUT2D eigenvalue weighted by Crippen LogP contribution is -2.32. The molecule has 4 heteroatoms. The van der Waals surface area contributed by atoms with Crippen LogP contribution in [0.2, 0.25) is 0 Å². The maximum atomic E-state index is 10.8. The summed E-state index contributed by atoms with van der Waals surface area (Å²) in [5.41, 5.74) is 5.51. The molecular formula is C26H29NO3. The predicted molar refractivity (Wildman–Crippen MR) is 119 cm³/mol. The molecule has 4 rings (SSSR count). The molecule has 0 amide bonds. The second-order valence-electron chi connectivity index (χ2n) is 9.03. The number of pyridine rings is 1. The molecule has 1 heterocycles. The number of phenols is 1. The van der Waals surface area contributed by atoms with Crippen molar-refractivity contribution in [2.75, 3.05) is 0 Å². The van der Waals surface area contributed by atoms with E-state index in [1.54, 1.807) is 12.1 Å². The van der Waals surface area contributed by atoms with Crippen molar-refractivity contribution in [2.45, 2.75) is 39.5 Å². The third-order valence-corrected chi connectivity index (χ3v) is 6.61. The molecule has 4 atom stereocenters. The smallest absolute Gasteiger partial charge is 0.328 e. The van der Waals surface area contributed by atoms with Gasteiger partial charge in [0.05, 0.1) is 5.69 Å². The molecule has 2 N–H and O–H groups in total. The van der Waals surface area contributed by atoms with E-state index in [2.05, 4.69) is 18.8 Å². The number of hydrogen-bond donors (Lipinski definition) is 2. The number of fused-ring (bicyclic) bond motifs is 2. The van der Waals surface area contributed by atoms with E-state index in [1.807, 2.05) is 30.5 Å².